The summed E-state index contributed by atoms with van der Waals surface area (Å²) in [5.74, 6) is -0.339. The van der Waals surface area contributed by atoms with E-state index in [-0.39, 0.29) is 5.75 Å². The molecular formula is C22H27NO4S. The van der Waals surface area contributed by atoms with Crippen molar-refractivity contribution in [3.63, 3.8) is 0 Å². The number of benzene rings is 2. The van der Waals surface area contributed by atoms with E-state index in [1.54, 1.807) is 36.4 Å². The van der Waals surface area contributed by atoms with Crippen LogP contribution in [0.4, 0.5) is 5.69 Å². The summed E-state index contributed by atoms with van der Waals surface area (Å²) in [6.07, 6.45) is 4.87. The monoisotopic (exact) mass is 401 g/mol. The predicted molar refractivity (Wildman–Crippen MR) is 110 cm³/mol. The number of carbonyl (C=O) groups is 1. The Balaban J connectivity index is 1.71. The fraction of sp³-hybridized carbons (Fsp3) is 0.409. The Kier molecular flexibility index (Phi) is 7.23. The summed E-state index contributed by atoms with van der Waals surface area (Å²) in [6, 6.07) is 17.9. The first-order chi connectivity index (χ1) is 13.5. The Morgan fingerprint density at radius 1 is 0.964 bits per heavy atom. The highest BCUT2D eigenvalue weighted by Crippen LogP contribution is 2.29. The molecule has 5 nitrogen and oxygen atoms in total. The van der Waals surface area contributed by atoms with Crippen molar-refractivity contribution in [1.29, 1.82) is 0 Å². The highest BCUT2D eigenvalue weighted by molar-refractivity contribution is 7.85. The maximum absolute atomic E-state index is 12.8. The lowest BCUT2D eigenvalue weighted by Crippen LogP contribution is -2.35. The van der Waals surface area contributed by atoms with Gasteiger partial charge in [0.25, 0.3) is 16.0 Å². The van der Waals surface area contributed by atoms with E-state index >= 15 is 0 Å². The standard InChI is InChI=1S/C22H27NO4S/c24-22(23-20-14-8-3-9-15-20)21(16-18-10-4-1-5-11-18)27-28(25,26)17-19-12-6-2-7-13-19/h2-3,6-9,12-15,18,21H,1,4-5,10-11,16-17H2,(H,23,24)/t21-/m0/s1. The van der Waals surface area contributed by atoms with Gasteiger partial charge in [0.2, 0.25) is 0 Å². The van der Waals surface area contributed by atoms with Crippen LogP contribution in [0.25, 0.3) is 0 Å². The zero-order valence-corrected chi connectivity index (χ0v) is 16.7. The van der Waals surface area contributed by atoms with Gasteiger partial charge in [0, 0.05) is 5.69 Å². The van der Waals surface area contributed by atoms with Crippen LogP contribution in [0.5, 0.6) is 0 Å². The molecule has 1 aliphatic carbocycles. The number of hydrogen-bond acceptors (Lipinski definition) is 4. The fourth-order valence-corrected chi connectivity index (χ4v) is 4.84. The first kappa shape index (κ1) is 20.6. The number of para-hydroxylation sites is 1. The number of amides is 1. The van der Waals surface area contributed by atoms with E-state index in [0.717, 1.165) is 25.7 Å². The van der Waals surface area contributed by atoms with Gasteiger partial charge in [-0.25, -0.2) is 0 Å². The molecule has 150 valence electrons. The second kappa shape index (κ2) is 9.85. The minimum atomic E-state index is -3.88. The molecule has 0 aliphatic heterocycles. The summed E-state index contributed by atoms with van der Waals surface area (Å²) in [4.78, 5) is 12.8. The van der Waals surface area contributed by atoms with Gasteiger partial charge in [0.1, 0.15) is 5.75 Å². The largest absolute Gasteiger partial charge is 0.324 e. The predicted octanol–water partition coefficient (Wildman–Crippen LogP) is 4.51. The third-order valence-electron chi connectivity index (χ3n) is 5.05. The summed E-state index contributed by atoms with van der Waals surface area (Å²) in [6.45, 7) is 0. The van der Waals surface area contributed by atoms with E-state index in [2.05, 4.69) is 5.32 Å². The molecule has 6 heteroatoms. The minimum absolute atomic E-state index is 0.242. The molecule has 0 bridgehead atoms. The molecule has 0 aromatic heterocycles. The van der Waals surface area contributed by atoms with E-state index in [9.17, 15) is 13.2 Å². The Morgan fingerprint density at radius 2 is 1.57 bits per heavy atom. The van der Waals surface area contributed by atoms with Gasteiger partial charge in [-0.3, -0.25) is 8.98 Å². The van der Waals surface area contributed by atoms with Gasteiger partial charge >= 0.3 is 0 Å². The SMILES string of the molecule is O=C(Nc1ccccc1)[C@H](CC1CCCCC1)OS(=O)(=O)Cc1ccccc1. The van der Waals surface area contributed by atoms with Crippen LogP contribution in [-0.2, 0) is 24.8 Å². The normalized spacial score (nSPS) is 16.4. The molecule has 3 rings (SSSR count). The molecule has 0 unspecified atom stereocenters. The van der Waals surface area contributed by atoms with Crippen LogP contribution in [0.1, 0.15) is 44.1 Å². The topological polar surface area (TPSA) is 72.5 Å². The molecule has 2 aromatic rings. The van der Waals surface area contributed by atoms with Crippen molar-refractivity contribution in [2.45, 2.75) is 50.4 Å². The molecule has 0 heterocycles. The molecule has 1 saturated carbocycles. The average molecular weight is 402 g/mol. The van der Waals surface area contributed by atoms with Gasteiger partial charge in [0.05, 0.1) is 0 Å². The highest BCUT2D eigenvalue weighted by Gasteiger charge is 2.30. The second-order valence-electron chi connectivity index (χ2n) is 7.37. The van der Waals surface area contributed by atoms with E-state index in [1.807, 2.05) is 24.3 Å². The molecule has 1 N–H and O–H groups in total. The van der Waals surface area contributed by atoms with Gasteiger partial charge in [0.15, 0.2) is 6.10 Å². The third kappa shape index (κ3) is 6.46. The molecule has 28 heavy (non-hydrogen) atoms. The number of carbonyl (C=O) groups excluding carboxylic acids is 1. The van der Waals surface area contributed by atoms with Gasteiger partial charge < -0.3 is 5.32 Å². The lowest BCUT2D eigenvalue weighted by atomic mass is 9.85. The Bertz CT molecular complexity index is 847. The molecule has 1 amide bonds. The maximum Gasteiger partial charge on any atom is 0.272 e. The van der Waals surface area contributed by atoms with E-state index in [1.165, 1.54) is 6.42 Å². The molecule has 0 radical (unpaired) electrons. The highest BCUT2D eigenvalue weighted by atomic mass is 32.2. The first-order valence-electron chi connectivity index (χ1n) is 9.83. The molecule has 0 saturated heterocycles. The molecule has 2 aromatic carbocycles. The van der Waals surface area contributed by atoms with Crippen LogP contribution in [0, 0.1) is 5.92 Å². The zero-order valence-electron chi connectivity index (χ0n) is 15.9. The Labute approximate surface area is 167 Å². The van der Waals surface area contributed by atoms with Gasteiger partial charge in [-0.05, 0) is 30.0 Å². The quantitative estimate of drug-likeness (QED) is 0.661. The van der Waals surface area contributed by atoms with Crippen LogP contribution in [0.2, 0.25) is 0 Å². The molecule has 0 spiro atoms. The lowest BCUT2D eigenvalue weighted by molar-refractivity contribution is -0.123. The Morgan fingerprint density at radius 3 is 2.21 bits per heavy atom. The van der Waals surface area contributed by atoms with Crippen molar-refractivity contribution >= 4 is 21.7 Å². The van der Waals surface area contributed by atoms with Crippen molar-refractivity contribution in [1.82, 2.24) is 0 Å². The first-order valence-corrected chi connectivity index (χ1v) is 11.4. The van der Waals surface area contributed by atoms with Crippen LogP contribution in [-0.4, -0.2) is 20.4 Å². The van der Waals surface area contributed by atoms with Gasteiger partial charge in [-0.15, -0.1) is 0 Å². The molecule has 1 fully saturated rings. The molecule has 1 aliphatic rings. The van der Waals surface area contributed by atoms with Crippen LogP contribution >= 0.6 is 0 Å². The van der Waals surface area contributed by atoms with E-state index < -0.39 is 22.1 Å². The van der Waals surface area contributed by atoms with Gasteiger partial charge in [-0.1, -0.05) is 80.6 Å². The number of rotatable bonds is 8. The summed E-state index contributed by atoms with van der Waals surface area (Å²) >= 11 is 0. The van der Waals surface area contributed by atoms with Gasteiger partial charge in [-0.2, -0.15) is 8.42 Å². The van der Waals surface area contributed by atoms with Crippen LogP contribution in [0.3, 0.4) is 0 Å². The number of hydrogen-bond donors (Lipinski definition) is 1. The maximum atomic E-state index is 12.8. The summed E-state index contributed by atoms with van der Waals surface area (Å²) in [7, 11) is -3.88. The Hall–Kier alpha value is -2.18. The van der Waals surface area contributed by atoms with E-state index in [4.69, 9.17) is 4.18 Å². The second-order valence-corrected chi connectivity index (χ2v) is 8.96. The third-order valence-corrected chi connectivity index (χ3v) is 6.27. The van der Waals surface area contributed by atoms with Crippen molar-refractivity contribution in [3.05, 3.63) is 66.2 Å². The summed E-state index contributed by atoms with van der Waals surface area (Å²) < 4.78 is 30.7. The smallest absolute Gasteiger partial charge is 0.272 e. The van der Waals surface area contributed by atoms with Crippen molar-refractivity contribution in [3.8, 4) is 0 Å². The number of anilines is 1. The minimum Gasteiger partial charge on any atom is -0.324 e. The zero-order chi connectivity index (χ0) is 19.8. The molecular weight excluding hydrogens is 374 g/mol. The summed E-state index contributed by atoms with van der Waals surface area (Å²) in [5, 5.41) is 2.79. The lowest BCUT2D eigenvalue weighted by Gasteiger charge is -2.25. The van der Waals surface area contributed by atoms with Crippen LogP contribution < -0.4 is 5.32 Å². The fourth-order valence-electron chi connectivity index (χ4n) is 3.65. The molecule has 1 atom stereocenters. The van der Waals surface area contributed by atoms with Crippen molar-refractivity contribution in [2.24, 2.45) is 5.92 Å². The van der Waals surface area contributed by atoms with Crippen molar-refractivity contribution < 1.29 is 17.4 Å². The number of nitrogens with one attached hydrogen (secondary N) is 1. The summed E-state index contributed by atoms with van der Waals surface area (Å²) in [5.41, 5.74) is 1.27. The van der Waals surface area contributed by atoms with Crippen molar-refractivity contribution in [2.75, 3.05) is 5.32 Å². The van der Waals surface area contributed by atoms with E-state index in [0.29, 0.717) is 23.6 Å². The average Bonchev–Trinajstić information content (AvgIpc) is 2.69. The van der Waals surface area contributed by atoms with Crippen LogP contribution in [0.15, 0.2) is 60.7 Å².